The molecule has 0 unspecified atom stereocenters. The minimum atomic E-state index is -0.397. The van der Waals surface area contributed by atoms with Crippen LogP contribution in [0.5, 0.6) is 11.6 Å². The summed E-state index contributed by atoms with van der Waals surface area (Å²) < 4.78 is 19.2. The van der Waals surface area contributed by atoms with E-state index in [1.54, 1.807) is 24.3 Å². The van der Waals surface area contributed by atoms with Gasteiger partial charge in [0.05, 0.1) is 6.04 Å². The molecule has 1 fully saturated rings. The second-order valence-corrected chi connectivity index (χ2v) is 5.24. The van der Waals surface area contributed by atoms with Crippen LogP contribution in [0.4, 0.5) is 4.39 Å². The van der Waals surface area contributed by atoms with E-state index < -0.39 is 5.82 Å². The Kier molecular flexibility index (Phi) is 4.10. The Morgan fingerprint density at radius 2 is 2.10 bits per heavy atom. The third-order valence-electron chi connectivity index (χ3n) is 3.52. The van der Waals surface area contributed by atoms with Crippen LogP contribution in [0.1, 0.15) is 36.8 Å². The molecule has 1 atom stereocenters. The van der Waals surface area contributed by atoms with E-state index in [9.17, 15) is 4.39 Å². The molecule has 0 spiro atoms. The van der Waals surface area contributed by atoms with E-state index in [-0.39, 0.29) is 11.8 Å². The maximum atomic E-state index is 13.7. The number of halogens is 1. The molecule has 110 valence electrons. The number of rotatable bonds is 3. The van der Waals surface area contributed by atoms with Crippen LogP contribution in [0.25, 0.3) is 0 Å². The number of benzene rings is 1. The molecule has 1 aromatic heterocycles. The Labute approximate surface area is 123 Å². The van der Waals surface area contributed by atoms with Crippen LogP contribution >= 0.6 is 0 Å². The zero-order valence-electron chi connectivity index (χ0n) is 12.0. The van der Waals surface area contributed by atoms with Gasteiger partial charge in [-0.1, -0.05) is 18.6 Å². The molecule has 1 saturated heterocycles. The third-order valence-corrected chi connectivity index (χ3v) is 3.52. The van der Waals surface area contributed by atoms with Gasteiger partial charge in [-0.25, -0.2) is 9.37 Å². The number of nitrogens with one attached hydrogen (secondary N) is 1. The molecule has 1 aliphatic rings. The van der Waals surface area contributed by atoms with Crippen LogP contribution in [0, 0.1) is 12.7 Å². The average Bonchev–Trinajstić information content (AvgIpc) is 2.50. The number of aromatic nitrogens is 2. The Morgan fingerprint density at radius 1 is 1.24 bits per heavy atom. The largest absolute Gasteiger partial charge is 0.436 e. The molecule has 0 saturated carbocycles. The van der Waals surface area contributed by atoms with E-state index in [0.717, 1.165) is 24.5 Å². The SMILES string of the molecule is Cc1cc(Oc2ccccc2F)nc([C@@H]2CCCCN2)n1. The zero-order chi connectivity index (χ0) is 14.7. The maximum Gasteiger partial charge on any atom is 0.222 e. The van der Waals surface area contributed by atoms with E-state index in [1.807, 2.05) is 6.92 Å². The Morgan fingerprint density at radius 3 is 2.86 bits per heavy atom. The highest BCUT2D eigenvalue weighted by Crippen LogP contribution is 2.26. The van der Waals surface area contributed by atoms with Crippen molar-refractivity contribution in [3.63, 3.8) is 0 Å². The molecule has 1 aromatic carbocycles. The molecule has 5 heteroatoms. The fourth-order valence-electron chi connectivity index (χ4n) is 2.48. The van der Waals surface area contributed by atoms with E-state index in [2.05, 4.69) is 15.3 Å². The summed E-state index contributed by atoms with van der Waals surface area (Å²) >= 11 is 0. The van der Waals surface area contributed by atoms with Gasteiger partial charge in [-0.05, 0) is 38.4 Å². The molecule has 1 aliphatic heterocycles. The van der Waals surface area contributed by atoms with Gasteiger partial charge in [-0.3, -0.25) is 0 Å². The normalized spacial score (nSPS) is 18.5. The summed E-state index contributed by atoms with van der Waals surface area (Å²) in [5.41, 5.74) is 0.818. The molecule has 4 nitrogen and oxygen atoms in total. The Bertz CT molecular complexity index is 627. The van der Waals surface area contributed by atoms with Gasteiger partial charge in [0.15, 0.2) is 11.6 Å². The molecule has 2 aromatic rings. The molecule has 21 heavy (non-hydrogen) atoms. The summed E-state index contributed by atoms with van der Waals surface area (Å²) in [5.74, 6) is 0.889. The first kappa shape index (κ1) is 13.9. The molecular weight excluding hydrogens is 269 g/mol. The van der Waals surface area contributed by atoms with Crippen LogP contribution in [0.15, 0.2) is 30.3 Å². The van der Waals surface area contributed by atoms with E-state index in [0.29, 0.717) is 5.88 Å². The predicted octanol–water partition coefficient (Wildman–Crippen LogP) is 3.53. The van der Waals surface area contributed by atoms with Crippen molar-refractivity contribution in [1.29, 1.82) is 0 Å². The Hall–Kier alpha value is -2.01. The molecular formula is C16H18FN3O. The molecule has 0 aliphatic carbocycles. The molecule has 0 amide bonds. The molecule has 3 rings (SSSR count). The summed E-state index contributed by atoms with van der Waals surface area (Å²) in [4.78, 5) is 8.91. The maximum absolute atomic E-state index is 13.7. The minimum absolute atomic E-state index is 0.154. The number of piperidine rings is 1. The summed E-state index contributed by atoms with van der Waals surface area (Å²) in [6.07, 6.45) is 3.36. The van der Waals surface area contributed by atoms with Gasteiger partial charge < -0.3 is 10.1 Å². The summed E-state index contributed by atoms with van der Waals surface area (Å²) in [7, 11) is 0. The lowest BCUT2D eigenvalue weighted by atomic mass is 10.0. The number of aryl methyl sites for hydroxylation is 1. The highest BCUT2D eigenvalue weighted by atomic mass is 19.1. The molecule has 0 bridgehead atoms. The number of nitrogens with zero attached hydrogens (tertiary/aromatic N) is 2. The van der Waals surface area contributed by atoms with Crippen LogP contribution in [-0.2, 0) is 0 Å². The lowest BCUT2D eigenvalue weighted by Crippen LogP contribution is -2.28. The first-order chi connectivity index (χ1) is 10.2. The minimum Gasteiger partial charge on any atom is -0.436 e. The standard InChI is InChI=1S/C16H18FN3O/c1-11-10-15(21-14-8-3-2-6-12(14)17)20-16(19-11)13-7-4-5-9-18-13/h2-3,6,8,10,13,18H,4-5,7,9H2,1H3/t13-/m0/s1. The number of hydrogen-bond donors (Lipinski definition) is 1. The van der Waals surface area contributed by atoms with Crippen molar-refractivity contribution < 1.29 is 9.13 Å². The van der Waals surface area contributed by atoms with Gasteiger partial charge in [-0.15, -0.1) is 0 Å². The highest BCUT2D eigenvalue weighted by molar-refractivity contribution is 5.29. The van der Waals surface area contributed by atoms with Crippen molar-refractivity contribution in [3.05, 3.63) is 47.7 Å². The van der Waals surface area contributed by atoms with Crippen molar-refractivity contribution in [2.75, 3.05) is 6.54 Å². The van der Waals surface area contributed by atoms with Gasteiger partial charge in [0, 0.05) is 11.8 Å². The molecule has 0 radical (unpaired) electrons. The average molecular weight is 287 g/mol. The van der Waals surface area contributed by atoms with Gasteiger partial charge in [0.25, 0.3) is 0 Å². The second-order valence-electron chi connectivity index (χ2n) is 5.24. The van der Waals surface area contributed by atoms with Crippen LogP contribution in [0.3, 0.4) is 0 Å². The van der Waals surface area contributed by atoms with E-state index in [4.69, 9.17) is 4.74 Å². The monoisotopic (exact) mass is 287 g/mol. The van der Waals surface area contributed by atoms with E-state index in [1.165, 1.54) is 18.9 Å². The second kappa shape index (κ2) is 6.18. The van der Waals surface area contributed by atoms with Crippen LogP contribution in [-0.4, -0.2) is 16.5 Å². The van der Waals surface area contributed by atoms with Crippen molar-refractivity contribution in [3.8, 4) is 11.6 Å². The summed E-state index contributed by atoms with van der Waals surface area (Å²) in [6, 6.07) is 8.19. The molecule has 2 heterocycles. The Balaban J connectivity index is 1.85. The lowest BCUT2D eigenvalue weighted by Gasteiger charge is -2.22. The predicted molar refractivity (Wildman–Crippen MR) is 77.8 cm³/mol. The molecule has 1 N–H and O–H groups in total. The number of hydrogen-bond acceptors (Lipinski definition) is 4. The van der Waals surface area contributed by atoms with Crippen molar-refractivity contribution in [2.45, 2.75) is 32.2 Å². The van der Waals surface area contributed by atoms with Gasteiger partial charge in [0.2, 0.25) is 5.88 Å². The van der Waals surface area contributed by atoms with Crippen molar-refractivity contribution in [1.82, 2.24) is 15.3 Å². The fraction of sp³-hybridized carbons (Fsp3) is 0.375. The topological polar surface area (TPSA) is 47.0 Å². The smallest absolute Gasteiger partial charge is 0.222 e. The van der Waals surface area contributed by atoms with Gasteiger partial charge in [0.1, 0.15) is 5.82 Å². The van der Waals surface area contributed by atoms with Crippen LogP contribution in [0.2, 0.25) is 0 Å². The summed E-state index contributed by atoms with van der Waals surface area (Å²) in [5, 5.41) is 3.41. The number of ether oxygens (including phenoxy) is 1. The highest BCUT2D eigenvalue weighted by Gasteiger charge is 2.19. The van der Waals surface area contributed by atoms with Crippen molar-refractivity contribution in [2.24, 2.45) is 0 Å². The van der Waals surface area contributed by atoms with Crippen molar-refractivity contribution >= 4 is 0 Å². The first-order valence-electron chi connectivity index (χ1n) is 7.24. The third kappa shape index (κ3) is 3.36. The summed E-state index contributed by atoms with van der Waals surface area (Å²) in [6.45, 7) is 2.87. The van der Waals surface area contributed by atoms with Crippen LogP contribution < -0.4 is 10.1 Å². The number of para-hydroxylation sites is 1. The first-order valence-corrected chi connectivity index (χ1v) is 7.24. The lowest BCUT2D eigenvalue weighted by molar-refractivity contribution is 0.383. The van der Waals surface area contributed by atoms with E-state index >= 15 is 0 Å². The van der Waals surface area contributed by atoms with Gasteiger partial charge in [-0.2, -0.15) is 4.98 Å². The zero-order valence-corrected chi connectivity index (χ0v) is 12.0. The quantitative estimate of drug-likeness (QED) is 0.938. The fourth-order valence-corrected chi connectivity index (χ4v) is 2.48. The van der Waals surface area contributed by atoms with Gasteiger partial charge >= 0.3 is 0 Å².